The molecule has 0 aliphatic heterocycles. The Bertz CT molecular complexity index is 15.5. The normalized spacial score (nSPS) is 0. The second-order valence-corrected chi connectivity index (χ2v) is 0. The van der Waals surface area contributed by atoms with E-state index in [-0.39, 0.29) is 126 Å². The Morgan fingerprint density at radius 3 is 1.00 bits per heavy atom. The van der Waals surface area contributed by atoms with Crippen LogP contribution in [-0.4, -0.2) is 41.3 Å². The molecule has 0 nitrogen and oxygen atoms in total. The van der Waals surface area contributed by atoms with Crippen molar-refractivity contribution < 1.29 is 84.5 Å². The van der Waals surface area contributed by atoms with E-state index in [0.29, 0.717) is 0 Å². The quantitative estimate of drug-likeness (QED) is 0.381. The minimum absolute atomic E-state index is 0. The smallest absolute Gasteiger partial charge is 0 e. The van der Waals surface area contributed by atoms with Crippen LogP contribution in [-0.2, 0) is 84.5 Å². The molecule has 0 aromatic carbocycles. The summed E-state index contributed by atoms with van der Waals surface area (Å²) in [7, 11) is 0. The van der Waals surface area contributed by atoms with Crippen molar-refractivity contribution in [3.05, 3.63) is 0 Å². The molecule has 0 bridgehead atoms. The van der Waals surface area contributed by atoms with Crippen molar-refractivity contribution in [1.29, 1.82) is 0 Å². The van der Waals surface area contributed by atoms with Gasteiger partial charge in [-0.15, -0.1) is 0 Å². The maximum atomic E-state index is 0. The molecule has 0 saturated heterocycles. The van der Waals surface area contributed by atoms with Crippen molar-refractivity contribution in [2.24, 2.45) is 0 Å². The zero-order valence-electron chi connectivity index (χ0n) is 2.51. The molecule has 0 saturated carbocycles. The SMILES string of the molecule is [AlH3].[Cr].[Nb].[SnH2].[V].[Zr]. The summed E-state index contributed by atoms with van der Waals surface area (Å²) < 4.78 is 0. The van der Waals surface area contributed by atoms with Crippen LogP contribution in [0.4, 0.5) is 0 Å². The Morgan fingerprint density at radius 1 is 1.00 bits per heavy atom. The number of hydrogen-bond acceptors (Lipinski definition) is 0. The number of hydrogen-bond donors (Lipinski definition) is 0. The summed E-state index contributed by atoms with van der Waals surface area (Å²) in [6, 6.07) is 0. The van der Waals surface area contributed by atoms with Gasteiger partial charge in [0, 0.05) is 84.5 Å². The van der Waals surface area contributed by atoms with Gasteiger partial charge in [-0.3, -0.25) is 0 Å². The fourth-order valence-corrected chi connectivity index (χ4v) is 0. The van der Waals surface area contributed by atoms with E-state index in [1.807, 2.05) is 0 Å². The van der Waals surface area contributed by atoms with Crippen LogP contribution in [0.2, 0.25) is 0 Å². The van der Waals surface area contributed by atoms with Crippen LogP contribution in [0.5, 0.6) is 0 Å². The van der Waals surface area contributed by atoms with Crippen molar-refractivity contribution in [3.8, 4) is 0 Å². The van der Waals surface area contributed by atoms with E-state index in [1.54, 1.807) is 0 Å². The largest absolute Gasteiger partial charge is 0 e. The van der Waals surface area contributed by atoms with Gasteiger partial charge >= 0.3 is 23.9 Å². The molecular formula is H5AlCrNbSnVZr. The van der Waals surface area contributed by atoms with Crippen LogP contribution in [0.3, 0.4) is 0 Å². The minimum Gasteiger partial charge on any atom is 0 e. The van der Waals surface area contributed by atoms with Gasteiger partial charge in [0.25, 0.3) is 0 Å². The molecule has 0 aliphatic carbocycles. The van der Waals surface area contributed by atoms with Crippen molar-refractivity contribution in [2.75, 3.05) is 0 Å². The Kier molecular flexibility index (Phi) is 297. The average molecular weight is 438 g/mol. The zero-order valence-corrected chi connectivity index (χ0v) is 13.9. The Morgan fingerprint density at radius 2 is 1.00 bits per heavy atom. The topological polar surface area (TPSA) is 0 Å². The van der Waals surface area contributed by atoms with Gasteiger partial charge < -0.3 is 0 Å². The third-order valence-corrected chi connectivity index (χ3v) is 0. The standard InChI is InChI=1S/Al.Cr.Nb.Sn.V.Zr.5H. The van der Waals surface area contributed by atoms with Crippen LogP contribution in [0.15, 0.2) is 0 Å². The second kappa shape index (κ2) is 35.7. The molecule has 6 heteroatoms. The third kappa shape index (κ3) is 24.3. The maximum absolute atomic E-state index is 0. The van der Waals surface area contributed by atoms with Gasteiger partial charge in [-0.1, -0.05) is 0 Å². The molecule has 0 aromatic rings. The van der Waals surface area contributed by atoms with Crippen LogP contribution in [0, 0.1) is 0 Å². The third-order valence-electron chi connectivity index (χ3n) is 0. The van der Waals surface area contributed by atoms with E-state index in [0.717, 1.165) is 0 Å². The van der Waals surface area contributed by atoms with E-state index in [2.05, 4.69) is 0 Å². The molecule has 0 N–H and O–H groups in total. The van der Waals surface area contributed by atoms with Gasteiger partial charge in [0.1, 0.15) is 0 Å². The van der Waals surface area contributed by atoms with E-state index in [9.17, 15) is 0 Å². The van der Waals surface area contributed by atoms with Gasteiger partial charge in [0.05, 0.1) is 0 Å². The second-order valence-electron chi connectivity index (χ2n) is 0. The molecule has 0 unspecified atom stereocenters. The Hall–Kier alpha value is 4.07. The first-order valence-corrected chi connectivity index (χ1v) is 0. The summed E-state index contributed by atoms with van der Waals surface area (Å²) in [5.41, 5.74) is 0. The molecule has 0 amide bonds. The molecular weight excluding hydrogens is 433 g/mol. The van der Waals surface area contributed by atoms with E-state index in [4.69, 9.17) is 0 Å². The zero-order chi connectivity index (χ0) is 0. The summed E-state index contributed by atoms with van der Waals surface area (Å²) in [5, 5.41) is 0. The first-order valence-electron chi connectivity index (χ1n) is 0. The van der Waals surface area contributed by atoms with E-state index >= 15 is 0 Å². The van der Waals surface area contributed by atoms with Gasteiger partial charge in [-0.2, -0.15) is 0 Å². The van der Waals surface area contributed by atoms with E-state index < -0.39 is 0 Å². The molecule has 0 heterocycles. The first-order chi connectivity index (χ1) is 0. The van der Waals surface area contributed by atoms with Crippen LogP contribution in [0.25, 0.3) is 0 Å². The summed E-state index contributed by atoms with van der Waals surface area (Å²) in [4.78, 5) is 0. The van der Waals surface area contributed by atoms with E-state index in [1.165, 1.54) is 0 Å². The molecule has 0 spiro atoms. The first kappa shape index (κ1) is 50.0. The fourth-order valence-electron chi connectivity index (χ4n) is 0. The summed E-state index contributed by atoms with van der Waals surface area (Å²) in [6.45, 7) is 0. The van der Waals surface area contributed by atoms with Crippen molar-refractivity contribution in [1.82, 2.24) is 0 Å². The molecule has 0 aliphatic rings. The predicted molar refractivity (Wildman–Crippen MR) is 18.5 cm³/mol. The fraction of sp³-hybridized carbons (Fsp3) is 0. The Balaban J connectivity index is 0. The van der Waals surface area contributed by atoms with Gasteiger partial charge in [-0.25, -0.2) is 0 Å². The van der Waals surface area contributed by atoms with Crippen molar-refractivity contribution in [3.63, 3.8) is 0 Å². The molecule has 0 rings (SSSR count). The van der Waals surface area contributed by atoms with Crippen LogP contribution < -0.4 is 0 Å². The predicted octanol–water partition coefficient (Wildman–Crippen LogP) is -2.11. The molecule has 6 heavy (non-hydrogen) atoms. The monoisotopic (exact) mass is 438 g/mol. The number of rotatable bonds is 0. The minimum atomic E-state index is 0. The molecule has 0 aromatic heterocycles. The maximum Gasteiger partial charge on any atom is 0 e. The average Bonchev–Trinajstić information content (AvgIpc) is 0. The van der Waals surface area contributed by atoms with Crippen molar-refractivity contribution in [2.45, 2.75) is 0 Å². The van der Waals surface area contributed by atoms with Gasteiger partial charge in [0.15, 0.2) is 17.4 Å². The van der Waals surface area contributed by atoms with Gasteiger partial charge in [0.2, 0.25) is 0 Å². The molecule has 32 valence electrons. The van der Waals surface area contributed by atoms with Gasteiger partial charge in [-0.05, 0) is 0 Å². The van der Waals surface area contributed by atoms with Crippen LogP contribution in [0.1, 0.15) is 0 Å². The molecule has 0 atom stereocenters. The van der Waals surface area contributed by atoms with Crippen molar-refractivity contribution >= 4 is 41.3 Å². The van der Waals surface area contributed by atoms with Crippen LogP contribution >= 0.6 is 0 Å². The molecule has 4 radical (unpaired) electrons. The summed E-state index contributed by atoms with van der Waals surface area (Å²) in [5.74, 6) is 0. The Labute approximate surface area is 123 Å². The molecule has 0 fully saturated rings. The summed E-state index contributed by atoms with van der Waals surface area (Å²) >= 11 is 0. The summed E-state index contributed by atoms with van der Waals surface area (Å²) in [6.07, 6.45) is 0.